The van der Waals surface area contributed by atoms with Crippen LogP contribution in [0.2, 0.25) is 0 Å². The van der Waals surface area contributed by atoms with E-state index in [1.54, 1.807) is 5.48 Å². The molecular weight excluding hydrogens is 258 g/mol. The van der Waals surface area contributed by atoms with Gasteiger partial charge < -0.3 is 9.47 Å². The molecule has 20 heavy (non-hydrogen) atoms. The number of amides is 1. The molecule has 1 heterocycles. The Balaban J connectivity index is 1.98. The number of carbonyl (C=O) groups excluding carboxylic acids is 1. The van der Waals surface area contributed by atoms with Crippen molar-refractivity contribution < 1.29 is 19.5 Å². The molecule has 106 valence electrons. The van der Waals surface area contributed by atoms with Crippen LogP contribution < -0.4 is 15.0 Å². The highest BCUT2D eigenvalue weighted by atomic mass is 16.7. The summed E-state index contributed by atoms with van der Waals surface area (Å²) in [6.45, 7) is 0.235. The summed E-state index contributed by atoms with van der Waals surface area (Å²) in [7, 11) is 0. The lowest BCUT2D eigenvalue weighted by molar-refractivity contribution is -0.130. The van der Waals surface area contributed by atoms with Crippen LogP contribution in [-0.2, 0) is 10.2 Å². The Hall–Kier alpha value is -2.01. The lowest BCUT2D eigenvalue weighted by Crippen LogP contribution is -2.33. The predicted molar refractivity (Wildman–Crippen MR) is 71.8 cm³/mol. The van der Waals surface area contributed by atoms with E-state index in [1.807, 2.05) is 18.2 Å². The largest absolute Gasteiger partial charge is 0.454 e. The van der Waals surface area contributed by atoms with E-state index in [0.717, 1.165) is 30.6 Å². The number of allylic oxidation sites excluding steroid dienone is 2. The minimum absolute atomic E-state index is 0.222. The van der Waals surface area contributed by atoms with Crippen LogP contribution in [0.3, 0.4) is 0 Å². The monoisotopic (exact) mass is 275 g/mol. The molecule has 1 aromatic carbocycles. The second-order valence-corrected chi connectivity index (χ2v) is 5.23. The molecule has 1 unspecified atom stereocenters. The summed E-state index contributed by atoms with van der Waals surface area (Å²) >= 11 is 0. The van der Waals surface area contributed by atoms with Crippen molar-refractivity contribution in [2.24, 2.45) is 0 Å². The third kappa shape index (κ3) is 2.25. The highest BCUT2D eigenvalue weighted by Crippen LogP contribution is 2.42. The standard InChI is InChI=1S/C15H17NO4/c17-14(16-18)9-15(6-2-1-3-7-15)11-4-5-12-13(8-11)20-10-19-12/h2,4-6,8,18H,1,3,7,9-10H2,(H,16,17). The van der Waals surface area contributed by atoms with E-state index in [9.17, 15) is 4.79 Å². The van der Waals surface area contributed by atoms with Gasteiger partial charge in [-0.3, -0.25) is 10.0 Å². The number of hydrogen-bond acceptors (Lipinski definition) is 4. The van der Waals surface area contributed by atoms with Gasteiger partial charge in [0.25, 0.3) is 0 Å². The number of hydroxylamine groups is 1. The zero-order chi connectivity index (χ0) is 14.0. The fourth-order valence-corrected chi connectivity index (χ4v) is 2.95. The molecule has 1 aromatic rings. The molecule has 1 amide bonds. The predicted octanol–water partition coefficient (Wildman–Crippen LogP) is 2.29. The van der Waals surface area contributed by atoms with E-state index in [4.69, 9.17) is 14.7 Å². The summed E-state index contributed by atoms with van der Waals surface area (Å²) in [5.74, 6) is 1.06. The van der Waals surface area contributed by atoms with Crippen LogP contribution in [0.15, 0.2) is 30.4 Å². The number of nitrogens with one attached hydrogen (secondary N) is 1. The lowest BCUT2D eigenvalue weighted by atomic mass is 9.71. The van der Waals surface area contributed by atoms with Gasteiger partial charge in [-0.05, 0) is 37.0 Å². The van der Waals surface area contributed by atoms with Gasteiger partial charge in [0.1, 0.15) is 0 Å². The molecule has 1 aliphatic carbocycles. The molecule has 0 saturated carbocycles. The van der Waals surface area contributed by atoms with E-state index in [1.165, 1.54) is 0 Å². The van der Waals surface area contributed by atoms with Gasteiger partial charge in [-0.2, -0.15) is 0 Å². The fourth-order valence-electron chi connectivity index (χ4n) is 2.95. The molecule has 0 saturated heterocycles. The van der Waals surface area contributed by atoms with Gasteiger partial charge in [0, 0.05) is 11.8 Å². The van der Waals surface area contributed by atoms with Crippen molar-refractivity contribution in [3.05, 3.63) is 35.9 Å². The summed E-state index contributed by atoms with van der Waals surface area (Å²) in [6, 6.07) is 5.77. The Morgan fingerprint density at radius 1 is 1.35 bits per heavy atom. The van der Waals surface area contributed by atoms with Crippen molar-refractivity contribution in [1.29, 1.82) is 0 Å². The number of ether oxygens (including phenoxy) is 2. The summed E-state index contributed by atoms with van der Waals surface area (Å²) in [5.41, 5.74) is 2.36. The van der Waals surface area contributed by atoms with Crippen LogP contribution in [0.1, 0.15) is 31.2 Å². The number of rotatable bonds is 3. The van der Waals surface area contributed by atoms with Crippen molar-refractivity contribution in [2.45, 2.75) is 31.1 Å². The van der Waals surface area contributed by atoms with Gasteiger partial charge in [-0.15, -0.1) is 0 Å². The van der Waals surface area contributed by atoms with Crippen molar-refractivity contribution in [2.75, 3.05) is 6.79 Å². The maximum absolute atomic E-state index is 11.6. The fraction of sp³-hybridized carbons (Fsp3) is 0.400. The second kappa shape index (κ2) is 5.17. The Morgan fingerprint density at radius 3 is 2.95 bits per heavy atom. The molecule has 1 aliphatic heterocycles. The first-order chi connectivity index (χ1) is 9.73. The molecular formula is C15H17NO4. The smallest absolute Gasteiger partial charge is 0.244 e. The van der Waals surface area contributed by atoms with E-state index in [-0.39, 0.29) is 24.5 Å². The highest BCUT2D eigenvalue weighted by Gasteiger charge is 2.34. The summed E-state index contributed by atoms with van der Waals surface area (Å²) in [6.07, 6.45) is 7.30. The average Bonchev–Trinajstić information content (AvgIpc) is 2.95. The Bertz CT molecular complexity index is 555. The summed E-state index contributed by atoms with van der Waals surface area (Å²) < 4.78 is 10.7. The highest BCUT2D eigenvalue weighted by molar-refractivity contribution is 5.77. The van der Waals surface area contributed by atoms with Crippen LogP contribution in [0.5, 0.6) is 11.5 Å². The molecule has 1 atom stereocenters. The van der Waals surface area contributed by atoms with Gasteiger partial charge in [0.15, 0.2) is 11.5 Å². The minimum Gasteiger partial charge on any atom is -0.454 e. The third-order valence-corrected chi connectivity index (χ3v) is 3.98. The van der Waals surface area contributed by atoms with Crippen LogP contribution >= 0.6 is 0 Å². The van der Waals surface area contributed by atoms with Crippen LogP contribution in [0.4, 0.5) is 0 Å². The van der Waals surface area contributed by atoms with Crippen LogP contribution in [0.25, 0.3) is 0 Å². The van der Waals surface area contributed by atoms with E-state index in [0.29, 0.717) is 5.75 Å². The van der Waals surface area contributed by atoms with Gasteiger partial charge >= 0.3 is 0 Å². The number of fused-ring (bicyclic) bond motifs is 1. The van der Waals surface area contributed by atoms with E-state index in [2.05, 4.69) is 12.2 Å². The SMILES string of the molecule is O=C(CC1(c2ccc3c(c2)OCO3)C=CCCC1)NO. The van der Waals surface area contributed by atoms with Crippen molar-refractivity contribution in [1.82, 2.24) is 5.48 Å². The van der Waals surface area contributed by atoms with Gasteiger partial charge in [0.2, 0.25) is 12.7 Å². The zero-order valence-electron chi connectivity index (χ0n) is 11.1. The van der Waals surface area contributed by atoms with Crippen molar-refractivity contribution >= 4 is 5.91 Å². The van der Waals surface area contributed by atoms with Gasteiger partial charge in [-0.1, -0.05) is 18.2 Å². The molecule has 5 heteroatoms. The van der Waals surface area contributed by atoms with Crippen molar-refractivity contribution in [3.8, 4) is 11.5 Å². The van der Waals surface area contributed by atoms with Crippen LogP contribution in [-0.4, -0.2) is 17.9 Å². The van der Waals surface area contributed by atoms with Crippen LogP contribution in [0, 0.1) is 0 Å². The molecule has 0 bridgehead atoms. The number of carbonyl (C=O) groups is 1. The minimum atomic E-state index is -0.383. The van der Waals surface area contributed by atoms with E-state index >= 15 is 0 Å². The zero-order valence-corrected chi connectivity index (χ0v) is 11.1. The van der Waals surface area contributed by atoms with Gasteiger partial charge in [-0.25, -0.2) is 5.48 Å². The first-order valence-corrected chi connectivity index (χ1v) is 6.74. The van der Waals surface area contributed by atoms with Gasteiger partial charge in [0.05, 0.1) is 0 Å². The Kier molecular flexibility index (Phi) is 3.36. The first-order valence-electron chi connectivity index (χ1n) is 6.74. The molecule has 0 fully saturated rings. The number of hydrogen-bond donors (Lipinski definition) is 2. The summed E-state index contributed by atoms with van der Waals surface area (Å²) in [5, 5.41) is 8.81. The molecule has 0 aromatic heterocycles. The lowest BCUT2D eigenvalue weighted by Gasteiger charge is -2.33. The average molecular weight is 275 g/mol. The molecule has 3 rings (SSSR count). The molecule has 2 aliphatic rings. The maximum Gasteiger partial charge on any atom is 0.244 e. The molecule has 5 nitrogen and oxygen atoms in total. The quantitative estimate of drug-likeness (QED) is 0.504. The third-order valence-electron chi connectivity index (χ3n) is 3.98. The second-order valence-electron chi connectivity index (χ2n) is 5.23. The molecule has 2 N–H and O–H groups in total. The molecule has 0 radical (unpaired) electrons. The van der Waals surface area contributed by atoms with E-state index < -0.39 is 0 Å². The topological polar surface area (TPSA) is 67.8 Å². The number of benzene rings is 1. The maximum atomic E-state index is 11.6. The normalized spacial score (nSPS) is 23.6. The summed E-state index contributed by atoms with van der Waals surface area (Å²) in [4.78, 5) is 11.6. The Labute approximate surface area is 117 Å². The Morgan fingerprint density at radius 2 is 2.20 bits per heavy atom. The molecule has 0 spiro atoms. The van der Waals surface area contributed by atoms with Crippen molar-refractivity contribution in [3.63, 3.8) is 0 Å². The first kappa shape index (κ1) is 13.0.